The maximum absolute atomic E-state index is 13.6. The van der Waals surface area contributed by atoms with Crippen LogP contribution in [0.4, 0.5) is 10.1 Å². The first-order valence-corrected chi connectivity index (χ1v) is 10.7. The molecule has 9 heteroatoms. The lowest BCUT2D eigenvalue weighted by molar-refractivity contribution is -0.117. The number of ether oxygens (including phenoxy) is 3. The lowest BCUT2D eigenvalue weighted by Gasteiger charge is -2.28. The van der Waals surface area contributed by atoms with Crippen molar-refractivity contribution in [3.63, 3.8) is 0 Å². The van der Waals surface area contributed by atoms with Crippen LogP contribution in [0.25, 0.3) is 0 Å². The summed E-state index contributed by atoms with van der Waals surface area (Å²) < 4.78 is 29.8. The summed E-state index contributed by atoms with van der Waals surface area (Å²) in [4.78, 5) is 28.2. The highest BCUT2D eigenvalue weighted by Crippen LogP contribution is 2.47. The summed E-state index contributed by atoms with van der Waals surface area (Å²) >= 11 is 1.20. The first-order chi connectivity index (χ1) is 15.9. The number of hydrogen-bond donors (Lipinski definition) is 1. The molecule has 0 bridgehead atoms. The third kappa shape index (κ3) is 3.80. The van der Waals surface area contributed by atoms with Crippen LogP contribution in [-0.4, -0.2) is 38.1 Å². The summed E-state index contributed by atoms with van der Waals surface area (Å²) in [5.41, 5.74) is 0.646. The van der Waals surface area contributed by atoms with Crippen molar-refractivity contribution in [1.29, 1.82) is 0 Å². The van der Waals surface area contributed by atoms with Crippen LogP contribution in [0.2, 0.25) is 0 Å². The highest BCUT2D eigenvalue weighted by Gasteiger charge is 2.45. The molecule has 170 valence electrons. The Kier molecular flexibility index (Phi) is 6.06. The molecule has 2 aromatic carbocycles. The number of amides is 1. The fourth-order valence-corrected chi connectivity index (χ4v) is 4.50. The zero-order valence-electron chi connectivity index (χ0n) is 18.0. The van der Waals surface area contributed by atoms with E-state index in [1.807, 2.05) is 0 Å². The second kappa shape index (κ2) is 8.95. The van der Waals surface area contributed by atoms with E-state index < -0.39 is 29.3 Å². The number of thiophene rings is 1. The van der Waals surface area contributed by atoms with Crippen molar-refractivity contribution in [2.45, 2.75) is 6.04 Å². The van der Waals surface area contributed by atoms with E-state index in [-0.39, 0.29) is 5.57 Å². The highest BCUT2D eigenvalue weighted by atomic mass is 32.1. The largest absolute Gasteiger partial charge is 0.503 e. The molecule has 7 nitrogen and oxygen atoms in total. The van der Waals surface area contributed by atoms with Crippen LogP contribution < -0.4 is 19.1 Å². The van der Waals surface area contributed by atoms with Gasteiger partial charge in [0.25, 0.3) is 5.91 Å². The number of methoxy groups -OCH3 is 3. The van der Waals surface area contributed by atoms with Crippen molar-refractivity contribution in [3.05, 3.63) is 81.5 Å². The summed E-state index contributed by atoms with van der Waals surface area (Å²) in [6, 6.07) is 10.7. The molecule has 1 amide bonds. The quantitative estimate of drug-likeness (QED) is 0.505. The second-order valence-corrected chi connectivity index (χ2v) is 8.03. The number of ketones is 1. The number of nitrogens with zero attached hydrogens (tertiary/aromatic N) is 1. The van der Waals surface area contributed by atoms with Crippen LogP contribution in [0.5, 0.6) is 17.2 Å². The molecule has 0 saturated carbocycles. The lowest BCUT2D eigenvalue weighted by Crippen LogP contribution is -2.31. The first-order valence-electron chi connectivity index (χ1n) is 9.81. The minimum absolute atomic E-state index is 0.0963. The number of anilines is 1. The van der Waals surface area contributed by atoms with Gasteiger partial charge in [-0.3, -0.25) is 14.5 Å². The van der Waals surface area contributed by atoms with Gasteiger partial charge in [-0.2, -0.15) is 0 Å². The number of rotatable bonds is 7. The van der Waals surface area contributed by atoms with Gasteiger partial charge in [0, 0.05) is 5.69 Å². The topological polar surface area (TPSA) is 85.3 Å². The van der Waals surface area contributed by atoms with Crippen LogP contribution in [0.15, 0.2) is 65.2 Å². The molecule has 33 heavy (non-hydrogen) atoms. The molecule has 0 saturated heterocycles. The van der Waals surface area contributed by atoms with E-state index in [0.717, 1.165) is 0 Å². The van der Waals surface area contributed by atoms with E-state index in [1.54, 1.807) is 29.6 Å². The van der Waals surface area contributed by atoms with Gasteiger partial charge in [0.2, 0.25) is 11.5 Å². The SMILES string of the molecule is COc1cc(C2C(C(=O)c3cccs3)=C(O)C(=O)N2c2ccc(F)cc2)cc(OC)c1OC. The van der Waals surface area contributed by atoms with Crippen LogP contribution in [0.1, 0.15) is 21.3 Å². The summed E-state index contributed by atoms with van der Waals surface area (Å²) in [6.07, 6.45) is 0. The van der Waals surface area contributed by atoms with Gasteiger partial charge in [-0.05, 0) is 53.4 Å². The maximum Gasteiger partial charge on any atom is 0.294 e. The number of hydrogen-bond acceptors (Lipinski definition) is 7. The number of aliphatic hydroxyl groups excluding tert-OH is 1. The van der Waals surface area contributed by atoms with Crippen LogP contribution in [-0.2, 0) is 4.79 Å². The number of aliphatic hydroxyl groups is 1. The Hall–Kier alpha value is -3.85. The summed E-state index contributed by atoms with van der Waals surface area (Å²) in [6.45, 7) is 0. The number of carbonyl (C=O) groups is 2. The summed E-state index contributed by atoms with van der Waals surface area (Å²) in [5.74, 6) is -1.46. The predicted molar refractivity (Wildman–Crippen MR) is 121 cm³/mol. The molecule has 0 spiro atoms. The molecule has 1 atom stereocenters. The Balaban J connectivity index is 1.95. The van der Waals surface area contributed by atoms with E-state index >= 15 is 0 Å². The van der Waals surface area contributed by atoms with E-state index in [4.69, 9.17) is 14.2 Å². The van der Waals surface area contributed by atoms with Crippen molar-refractivity contribution in [3.8, 4) is 17.2 Å². The molecule has 1 unspecified atom stereocenters. The zero-order valence-corrected chi connectivity index (χ0v) is 18.8. The maximum atomic E-state index is 13.6. The molecular formula is C24H20FNO6S. The highest BCUT2D eigenvalue weighted by molar-refractivity contribution is 7.12. The molecule has 0 fully saturated rings. The molecule has 0 aliphatic carbocycles. The van der Waals surface area contributed by atoms with Crippen molar-refractivity contribution in [1.82, 2.24) is 0 Å². The normalized spacial score (nSPS) is 15.7. The van der Waals surface area contributed by atoms with Gasteiger partial charge in [-0.15, -0.1) is 11.3 Å². The molecule has 3 aromatic rings. The molecule has 1 aliphatic heterocycles. The zero-order chi connectivity index (χ0) is 23.7. The minimum Gasteiger partial charge on any atom is -0.503 e. The van der Waals surface area contributed by atoms with E-state index in [9.17, 15) is 19.1 Å². The van der Waals surface area contributed by atoms with E-state index in [0.29, 0.717) is 33.4 Å². The Morgan fingerprint density at radius 3 is 2.18 bits per heavy atom. The van der Waals surface area contributed by atoms with Gasteiger partial charge in [0.15, 0.2) is 17.3 Å². The monoisotopic (exact) mass is 469 g/mol. The van der Waals surface area contributed by atoms with Crippen LogP contribution >= 0.6 is 11.3 Å². The first kappa shape index (κ1) is 22.3. The van der Waals surface area contributed by atoms with Gasteiger partial charge in [-0.1, -0.05) is 6.07 Å². The Labute approximate surface area is 193 Å². The fraction of sp³-hybridized carbons (Fsp3) is 0.167. The molecule has 4 rings (SSSR count). The fourth-order valence-electron chi connectivity index (χ4n) is 3.82. The minimum atomic E-state index is -1.02. The standard InChI is InChI=1S/C24H20FNO6S/c1-30-16-11-13(12-17(31-2)23(16)32-3)20-19(21(27)18-5-4-10-33-18)22(28)24(29)26(20)15-8-6-14(25)7-9-15/h4-12,20,28H,1-3H3. The van der Waals surface area contributed by atoms with Crippen molar-refractivity contribution < 1.29 is 33.3 Å². The smallest absolute Gasteiger partial charge is 0.294 e. The van der Waals surface area contributed by atoms with Crippen molar-refractivity contribution in [2.75, 3.05) is 26.2 Å². The van der Waals surface area contributed by atoms with E-state index in [1.165, 1.54) is 61.8 Å². The lowest BCUT2D eigenvalue weighted by atomic mass is 9.94. The number of halogens is 1. The van der Waals surface area contributed by atoms with Crippen molar-refractivity contribution >= 4 is 28.7 Å². The van der Waals surface area contributed by atoms with Gasteiger partial charge in [-0.25, -0.2) is 4.39 Å². The third-order valence-electron chi connectivity index (χ3n) is 5.31. The Morgan fingerprint density at radius 2 is 1.67 bits per heavy atom. The van der Waals surface area contributed by atoms with E-state index in [2.05, 4.69) is 0 Å². The number of Topliss-reactive ketones (excluding diaryl/α,β-unsaturated/α-hetero) is 1. The van der Waals surface area contributed by atoms with Gasteiger partial charge in [0.05, 0.1) is 37.8 Å². The van der Waals surface area contributed by atoms with Gasteiger partial charge in [0.1, 0.15) is 5.82 Å². The number of benzene rings is 2. The molecule has 2 heterocycles. The van der Waals surface area contributed by atoms with Crippen LogP contribution in [0, 0.1) is 5.82 Å². The summed E-state index contributed by atoms with van der Waals surface area (Å²) in [5, 5.41) is 12.5. The predicted octanol–water partition coefficient (Wildman–Crippen LogP) is 4.70. The Bertz CT molecular complexity index is 1210. The summed E-state index contributed by atoms with van der Waals surface area (Å²) in [7, 11) is 4.36. The average molecular weight is 469 g/mol. The van der Waals surface area contributed by atoms with Crippen molar-refractivity contribution in [2.24, 2.45) is 0 Å². The molecule has 0 radical (unpaired) electrons. The van der Waals surface area contributed by atoms with Gasteiger partial charge < -0.3 is 19.3 Å². The Morgan fingerprint density at radius 1 is 1.03 bits per heavy atom. The molecule has 1 aliphatic rings. The average Bonchev–Trinajstić information content (AvgIpc) is 3.46. The molecule has 1 N–H and O–H groups in total. The second-order valence-electron chi connectivity index (χ2n) is 7.08. The molecule has 1 aromatic heterocycles. The van der Waals surface area contributed by atoms with Crippen LogP contribution in [0.3, 0.4) is 0 Å². The molecular weight excluding hydrogens is 449 g/mol. The third-order valence-corrected chi connectivity index (χ3v) is 6.17. The number of carbonyl (C=O) groups excluding carboxylic acids is 2. The van der Waals surface area contributed by atoms with Gasteiger partial charge >= 0.3 is 0 Å².